The van der Waals surface area contributed by atoms with Crippen molar-refractivity contribution in [2.45, 2.75) is 39.2 Å². The van der Waals surface area contributed by atoms with E-state index < -0.39 is 0 Å². The van der Waals surface area contributed by atoms with Crippen molar-refractivity contribution in [1.29, 1.82) is 0 Å². The van der Waals surface area contributed by atoms with Crippen LogP contribution in [0.1, 0.15) is 36.9 Å². The van der Waals surface area contributed by atoms with Gasteiger partial charge in [-0.15, -0.1) is 0 Å². The number of ether oxygens (including phenoxy) is 1. The predicted octanol–water partition coefficient (Wildman–Crippen LogP) is 1.58. The van der Waals surface area contributed by atoms with E-state index in [0.29, 0.717) is 19.1 Å². The summed E-state index contributed by atoms with van der Waals surface area (Å²) in [7, 11) is 1.98. The summed E-state index contributed by atoms with van der Waals surface area (Å²) in [6.07, 6.45) is 6.76. The monoisotopic (exact) mass is 346 g/mol. The zero-order valence-corrected chi connectivity index (χ0v) is 15.5. The molecular formula is C19H30N4O2. The fourth-order valence-corrected chi connectivity index (χ4v) is 5.18. The highest BCUT2D eigenvalue weighted by Gasteiger charge is 2.51. The van der Waals surface area contributed by atoms with Gasteiger partial charge in [0.2, 0.25) is 5.91 Å². The van der Waals surface area contributed by atoms with E-state index >= 15 is 0 Å². The molecule has 3 fully saturated rings. The van der Waals surface area contributed by atoms with Crippen LogP contribution in [0.2, 0.25) is 0 Å². The minimum Gasteiger partial charge on any atom is -0.378 e. The molecule has 2 aliphatic heterocycles. The van der Waals surface area contributed by atoms with Gasteiger partial charge in [0.25, 0.3) is 0 Å². The molecular weight excluding hydrogens is 316 g/mol. The molecule has 1 aromatic rings. The molecule has 0 bridgehead atoms. The number of carbonyl (C=O) groups excluding carboxylic acids is 1. The van der Waals surface area contributed by atoms with Crippen LogP contribution in [0.5, 0.6) is 0 Å². The van der Waals surface area contributed by atoms with Gasteiger partial charge in [-0.1, -0.05) is 6.42 Å². The smallest absolute Gasteiger partial charge is 0.226 e. The van der Waals surface area contributed by atoms with Crippen LogP contribution in [0, 0.1) is 18.3 Å². The van der Waals surface area contributed by atoms with Gasteiger partial charge in [0, 0.05) is 50.9 Å². The van der Waals surface area contributed by atoms with Crippen molar-refractivity contribution in [3.63, 3.8) is 0 Å². The second-order valence-electron chi connectivity index (χ2n) is 8.12. The number of rotatable bonds is 3. The number of hydrogen-bond acceptors (Lipinski definition) is 4. The molecule has 0 aromatic carbocycles. The van der Waals surface area contributed by atoms with Crippen molar-refractivity contribution >= 4 is 5.91 Å². The molecule has 2 atom stereocenters. The maximum absolute atomic E-state index is 13.1. The molecule has 0 N–H and O–H groups in total. The maximum atomic E-state index is 13.1. The molecule has 138 valence electrons. The molecule has 1 amide bonds. The van der Waals surface area contributed by atoms with Crippen molar-refractivity contribution in [2.75, 3.05) is 39.4 Å². The van der Waals surface area contributed by atoms with Crippen molar-refractivity contribution in [3.8, 4) is 0 Å². The Morgan fingerprint density at radius 3 is 2.84 bits per heavy atom. The van der Waals surface area contributed by atoms with Crippen molar-refractivity contribution < 1.29 is 9.53 Å². The highest BCUT2D eigenvalue weighted by molar-refractivity contribution is 5.80. The summed E-state index contributed by atoms with van der Waals surface area (Å²) >= 11 is 0. The first kappa shape index (κ1) is 17.0. The van der Waals surface area contributed by atoms with Gasteiger partial charge in [-0.2, -0.15) is 5.10 Å². The van der Waals surface area contributed by atoms with Crippen molar-refractivity contribution in [2.24, 2.45) is 18.4 Å². The minimum absolute atomic E-state index is 0.200. The van der Waals surface area contributed by atoms with Crippen LogP contribution in [0.3, 0.4) is 0 Å². The van der Waals surface area contributed by atoms with Gasteiger partial charge in [0.15, 0.2) is 0 Å². The number of aryl methyl sites for hydroxylation is 2. The number of nitrogens with zero attached hydrogens (tertiary/aromatic N) is 4. The number of carbonyl (C=O) groups is 1. The Hall–Kier alpha value is -1.40. The summed E-state index contributed by atoms with van der Waals surface area (Å²) in [6, 6.07) is 0. The van der Waals surface area contributed by atoms with Crippen LogP contribution in [0.15, 0.2) is 6.20 Å². The Balaban J connectivity index is 1.44. The summed E-state index contributed by atoms with van der Waals surface area (Å²) in [6.45, 7) is 8.12. The third kappa shape index (κ3) is 3.22. The Morgan fingerprint density at radius 2 is 2.12 bits per heavy atom. The van der Waals surface area contributed by atoms with Crippen LogP contribution >= 0.6 is 0 Å². The maximum Gasteiger partial charge on any atom is 0.226 e. The number of morpholine rings is 1. The molecule has 0 unspecified atom stereocenters. The predicted molar refractivity (Wildman–Crippen MR) is 95.0 cm³/mol. The van der Waals surface area contributed by atoms with E-state index in [1.54, 1.807) is 0 Å². The summed E-state index contributed by atoms with van der Waals surface area (Å²) in [5.74, 6) is 0.603. The van der Waals surface area contributed by atoms with Gasteiger partial charge in [0.05, 0.1) is 18.9 Å². The lowest BCUT2D eigenvalue weighted by atomic mass is 9.76. The average Bonchev–Trinajstić information content (AvgIpc) is 3.29. The van der Waals surface area contributed by atoms with Crippen molar-refractivity contribution in [1.82, 2.24) is 19.6 Å². The molecule has 25 heavy (non-hydrogen) atoms. The van der Waals surface area contributed by atoms with Gasteiger partial charge >= 0.3 is 0 Å². The quantitative estimate of drug-likeness (QED) is 0.834. The SMILES string of the molecule is Cc1nn(C)cc1CN1CC[C@@]2(CCC[C@@H]2C(=O)N2CCOCC2)C1. The zero-order valence-electron chi connectivity index (χ0n) is 15.5. The Morgan fingerprint density at radius 1 is 1.32 bits per heavy atom. The standard InChI is InChI=1S/C19H30N4O2/c1-15-16(12-21(2)20-15)13-22-7-6-19(14-22)5-3-4-17(19)18(24)23-8-10-25-11-9-23/h12,17H,3-11,13-14H2,1-2H3/t17-,19+/m1/s1. The first-order chi connectivity index (χ1) is 12.1. The van der Waals surface area contributed by atoms with E-state index in [1.165, 1.54) is 18.4 Å². The number of amides is 1. The second-order valence-corrected chi connectivity index (χ2v) is 8.12. The van der Waals surface area contributed by atoms with Crippen molar-refractivity contribution in [3.05, 3.63) is 17.5 Å². The van der Waals surface area contributed by atoms with Crippen LogP contribution in [0.4, 0.5) is 0 Å². The third-order valence-corrected chi connectivity index (χ3v) is 6.50. The minimum atomic E-state index is 0.200. The lowest BCUT2D eigenvalue weighted by molar-refractivity contribution is -0.143. The van der Waals surface area contributed by atoms with Crippen LogP contribution in [-0.2, 0) is 23.1 Å². The van der Waals surface area contributed by atoms with E-state index in [1.807, 2.05) is 11.7 Å². The molecule has 6 nitrogen and oxygen atoms in total. The average molecular weight is 346 g/mol. The molecule has 0 radical (unpaired) electrons. The second kappa shape index (κ2) is 6.72. The molecule has 6 heteroatoms. The lowest BCUT2D eigenvalue weighted by Crippen LogP contribution is -2.47. The molecule has 1 saturated carbocycles. The van der Waals surface area contributed by atoms with E-state index in [4.69, 9.17) is 4.74 Å². The fourth-order valence-electron chi connectivity index (χ4n) is 5.18. The first-order valence-corrected chi connectivity index (χ1v) is 9.65. The molecule has 2 saturated heterocycles. The number of hydrogen-bond donors (Lipinski definition) is 0. The van der Waals surface area contributed by atoms with Gasteiger partial charge in [-0.05, 0) is 38.1 Å². The lowest BCUT2D eigenvalue weighted by Gasteiger charge is -2.36. The molecule has 1 spiro atoms. The topological polar surface area (TPSA) is 50.6 Å². The summed E-state index contributed by atoms with van der Waals surface area (Å²) in [4.78, 5) is 17.7. The van der Waals surface area contributed by atoms with Gasteiger partial charge in [-0.3, -0.25) is 14.4 Å². The van der Waals surface area contributed by atoms with E-state index in [0.717, 1.165) is 51.3 Å². The van der Waals surface area contributed by atoms with E-state index in [2.05, 4.69) is 28.0 Å². The number of likely N-dealkylation sites (tertiary alicyclic amines) is 1. The molecule has 1 aliphatic carbocycles. The van der Waals surface area contributed by atoms with Crippen LogP contribution in [0.25, 0.3) is 0 Å². The highest BCUT2D eigenvalue weighted by atomic mass is 16.5. The largest absolute Gasteiger partial charge is 0.378 e. The number of aromatic nitrogens is 2. The molecule has 3 heterocycles. The zero-order chi connectivity index (χ0) is 17.4. The van der Waals surface area contributed by atoms with E-state index in [9.17, 15) is 4.79 Å². The Kier molecular flexibility index (Phi) is 4.58. The Bertz CT molecular complexity index is 637. The summed E-state index contributed by atoms with van der Waals surface area (Å²) in [5, 5.41) is 4.46. The molecule has 1 aromatic heterocycles. The molecule has 4 rings (SSSR count). The molecule has 3 aliphatic rings. The first-order valence-electron chi connectivity index (χ1n) is 9.65. The fraction of sp³-hybridized carbons (Fsp3) is 0.789. The third-order valence-electron chi connectivity index (χ3n) is 6.50. The highest BCUT2D eigenvalue weighted by Crippen LogP contribution is 2.50. The normalized spacial score (nSPS) is 30.5. The van der Waals surface area contributed by atoms with Gasteiger partial charge in [-0.25, -0.2) is 0 Å². The van der Waals surface area contributed by atoms with E-state index in [-0.39, 0.29) is 11.3 Å². The Labute approximate surface area is 150 Å². The van der Waals surface area contributed by atoms with Gasteiger partial charge < -0.3 is 9.64 Å². The van der Waals surface area contributed by atoms with Crippen LogP contribution in [-0.4, -0.2) is 64.9 Å². The summed E-state index contributed by atoms with van der Waals surface area (Å²) < 4.78 is 7.32. The summed E-state index contributed by atoms with van der Waals surface area (Å²) in [5.41, 5.74) is 2.63. The van der Waals surface area contributed by atoms with Crippen LogP contribution < -0.4 is 0 Å². The van der Waals surface area contributed by atoms with Gasteiger partial charge in [0.1, 0.15) is 0 Å².